The number of hydrogen-bond donors (Lipinski definition) is 2. The predicted molar refractivity (Wildman–Crippen MR) is 57.1 cm³/mol. The number of rotatable bonds is 1. The van der Waals surface area contributed by atoms with E-state index in [2.05, 4.69) is 15.3 Å². The van der Waals surface area contributed by atoms with Crippen LogP contribution in [0.25, 0.3) is 0 Å². The number of guanidine groups is 1. The third kappa shape index (κ3) is 3.89. The minimum atomic E-state index is -0.158. The first-order valence-electron chi connectivity index (χ1n) is 3.99. The second-order valence-electron chi connectivity index (χ2n) is 3.63. The molecule has 0 unspecified atom stereocenters. The van der Waals surface area contributed by atoms with E-state index in [1.54, 1.807) is 6.20 Å². The number of hydrogen-bond acceptors (Lipinski definition) is 3. The van der Waals surface area contributed by atoms with E-state index in [0.29, 0.717) is 5.96 Å². The molecular weight excluding hydrogens is 184 g/mol. The highest BCUT2D eigenvalue weighted by atomic mass is 32.1. The van der Waals surface area contributed by atoms with Crippen LogP contribution < -0.4 is 11.1 Å². The standard InChI is InChI=1S/C8H14N4S/c1-8(2,3)12-6(9)11-7-10-4-5-13-7/h4-5H,1-3H3,(H3,9,10,11,12). The maximum Gasteiger partial charge on any atom is 0.195 e. The minimum Gasteiger partial charge on any atom is -0.370 e. The molecule has 4 nitrogen and oxygen atoms in total. The van der Waals surface area contributed by atoms with Gasteiger partial charge in [-0.15, -0.1) is 11.3 Å². The Morgan fingerprint density at radius 3 is 2.77 bits per heavy atom. The van der Waals surface area contributed by atoms with Gasteiger partial charge in [0.15, 0.2) is 11.1 Å². The van der Waals surface area contributed by atoms with Crippen LogP contribution in [0, 0.1) is 0 Å². The van der Waals surface area contributed by atoms with E-state index in [-0.39, 0.29) is 5.54 Å². The van der Waals surface area contributed by atoms with Gasteiger partial charge in [0.1, 0.15) is 0 Å². The summed E-state index contributed by atoms with van der Waals surface area (Å²) in [7, 11) is 0. The van der Waals surface area contributed by atoms with E-state index in [1.807, 2.05) is 26.2 Å². The Hall–Kier alpha value is -1.10. The van der Waals surface area contributed by atoms with E-state index < -0.39 is 0 Å². The largest absolute Gasteiger partial charge is 0.370 e. The minimum absolute atomic E-state index is 0.158. The summed E-state index contributed by atoms with van der Waals surface area (Å²) in [4.78, 5) is 8.27. The van der Waals surface area contributed by atoms with Crippen molar-refractivity contribution >= 4 is 22.4 Å². The lowest BCUT2D eigenvalue weighted by atomic mass is 10.1. The summed E-state index contributed by atoms with van der Waals surface area (Å²) in [5, 5.41) is 5.56. The highest BCUT2D eigenvalue weighted by Gasteiger charge is 2.08. The van der Waals surface area contributed by atoms with Gasteiger partial charge in [-0.05, 0) is 20.8 Å². The predicted octanol–water partition coefficient (Wildman–Crippen LogP) is 1.67. The molecule has 0 aliphatic carbocycles. The zero-order valence-electron chi connectivity index (χ0n) is 8.03. The number of anilines is 1. The zero-order valence-corrected chi connectivity index (χ0v) is 8.85. The molecule has 0 amide bonds. The smallest absolute Gasteiger partial charge is 0.195 e. The fraction of sp³-hybridized carbons (Fsp3) is 0.500. The van der Waals surface area contributed by atoms with E-state index >= 15 is 0 Å². The molecule has 3 N–H and O–H groups in total. The van der Waals surface area contributed by atoms with Gasteiger partial charge in [0.2, 0.25) is 0 Å². The Labute approximate surface area is 81.9 Å². The monoisotopic (exact) mass is 198 g/mol. The summed E-state index contributed by atoms with van der Waals surface area (Å²) in [5.41, 5.74) is 5.50. The van der Waals surface area contributed by atoms with Crippen LogP contribution >= 0.6 is 11.3 Å². The van der Waals surface area contributed by atoms with Crippen molar-refractivity contribution in [1.82, 2.24) is 4.98 Å². The van der Waals surface area contributed by atoms with Gasteiger partial charge in [-0.25, -0.2) is 9.98 Å². The van der Waals surface area contributed by atoms with Crippen LogP contribution in [-0.2, 0) is 0 Å². The van der Waals surface area contributed by atoms with Gasteiger partial charge in [0.05, 0.1) is 5.54 Å². The van der Waals surface area contributed by atoms with Crippen molar-refractivity contribution in [2.75, 3.05) is 5.32 Å². The van der Waals surface area contributed by atoms with Crippen molar-refractivity contribution in [2.45, 2.75) is 26.3 Å². The molecule has 1 rings (SSSR count). The second-order valence-corrected chi connectivity index (χ2v) is 4.52. The van der Waals surface area contributed by atoms with Gasteiger partial charge >= 0.3 is 0 Å². The van der Waals surface area contributed by atoms with Gasteiger partial charge in [0, 0.05) is 11.6 Å². The summed E-state index contributed by atoms with van der Waals surface area (Å²) in [6.07, 6.45) is 1.72. The van der Waals surface area contributed by atoms with Gasteiger partial charge in [0.25, 0.3) is 0 Å². The number of aromatic nitrogens is 1. The Morgan fingerprint density at radius 2 is 2.31 bits per heavy atom. The van der Waals surface area contributed by atoms with Gasteiger partial charge in [-0.2, -0.15) is 0 Å². The zero-order chi connectivity index (χ0) is 9.90. The highest BCUT2D eigenvalue weighted by Crippen LogP contribution is 2.11. The lowest BCUT2D eigenvalue weighted by Crippen LogP contribution is -2.27. The number of nitrogens with one attached hydrogen (secondary N) is 1. The molecule has 72 valence electrons. The molecule has 13 heavy (non-hydrogen) atoms. The fourth-order valence-corrected chi connectivity index (χ4v) is 1.32. The van der Waals surface area contributed by atoms with Crippen LogP contribution in [0.15, 0.2) is 16.6 Å². The normalized spacial score (nSPS) is 13.0. The van der Waals surface area contributed by atoms with Gasteiger partial charge in [-0.1, -0.05) is 0 Å². The molecule has 1 aromatic heterocycles. The molecule has 1 aromatic rings. The van der Waals surface area contributed by atoms with Crippen LogP contribution in [0.3, 0.4) is 0 Å². The molecule has 0 aliphatic rings. The van der Waals surface area contributed by atoms with Crippen molar-refractivity contribution in [3.8, 4) is 0 Å². The van der Waals surface area contributed by atoms with Crippen molar-refractivity contribution in [1.29, 1.82) is 0 Å². The molecule has 0 bridgehead atoms. The highest BCUT2D eigenvalue weighted by molar-refractivity contribution is 7.13. The van der Waals surface area contributed by atoms with Crippen LogP contribution in [0.4, 0.5) is 5.13 Å². The maximum absolute atomic E-state index is 5.66. The third-order valence-electron chi connectivity index (χ3n) is 1.12. The Morgan fingerprint density at radius 1 is 1.62 bits per heavy atom. The molecule has 0 atom stereocenters. The summed E-state index contributed by atoms with van der Waals surface area (Å²) in [5.74, 6) is 0.405. The molecule has 0 radical (unpaired) electrons. The quantitative estimate of drug-likeness (QED) is 0.533. The molecular formula is C8H14N4S. The third-order valence-corrected chi connectivity index (χ3v) is 1.81. The van der Waals surface area contributed by atoms with Crippen molar-refractivity contribution < 1.29 is 0 Å². The second kappa shape index (κ2) is 3.74. The van der Waals surface area contributed by atoms with Crippen molar-refractivity contribution in [3.63, 3.8) is 0 Å². The average molecular weight is 198 g/mol. The van der Waals surface area contributed by atoms with Crippen molar-refractivity contribution in [2.24, 2.45) is 10.7 Å². The summed E-state index contributed by atoms with van der Waals surface area (Å²) in [6.45, 7) is 5.97. The van der Waals surface area contributed by atoms with E-state index in [1.165, 1.54) is 11.3 Å². The maximum atomic E-state index is 5.66. The molecule has 0 saturated carbocycles. The lowest BCUT2D eigenvalue weighted by molar-refractivity contribution is 0.583. The molecule has 1 heterocycles. The molecule has 0 saturated heterocycles. The number of aliphatic imine (C=N–C) groups is 1. The summed E-state index contributed by atoms with van der Waals surface area (Å²) >= 11 is 1.49. The van der Waals surface area contributed by atoms with E-state index in [0.717, 1.165) is 5.13 Å². The first kappa shape index (κ1) is 9.98. The van der Waals surface area contributed by atoms with Gasteiger partial charge < -0.3 is 11.1 Å². The lowest BCUT2D eigenvalue weighted by Gasteiger charge is -2.13. The first-order valence-corrected chi connectivity index (χ1v) is 4.87. The fourth-order valence-electron chi connectivity index (χ4n) is 0.784. The molecule has 0 spiro atoms. The van der Waals surface area contributed by atoms with E-state index in [9.17, 15) is 0 Å². The number of nitrogens with two attached hydrogens (primary N) is 1. The Bertz CT molecular complexity index is 284. The molecule has 5 heteroatoms. The molecule has 0 fully saturated rings. The first-order chi connectivity index (χ1) is 5.97. The number of nitrogens with zero attached hydrogens (tertiary/aromatic N) is 2. The SMILES string of the molecule is CC(C)(C)N=C(N)Nc1nccs1. The van der Waals surface area contributed by atoms with Crippen molar-refractivity contribution in [3.05, 3.63) is 11.6 Å². The van der Waals surface area contributed by atoms with Crippen LogP contribution in [0.2, 0.25) is 0 Å². The summed E-state index contributed by atoms with van der Waals surface area (Å²) in [6, 6.07) is 0. The topological polar surface area (TPSA) is 63.3 Å². The summed E-state index contributed by atoms with van der Waals surface area (Å²) < 4.78 is 0. The Balaban J connectivity index is 2.61. The van der Waals surface area contributed by atoms with Gasteiger partial charge in [-0.3, -0.25) is 0 Å². The molecule has 0 aliphatic heterocycles. The average Bonchev–Trinajstić information content (AvgIpc) is 2.34. The van der Waals surface area contributed by atoms with Crippen LogP contribution in [0.1, 0.15) is 20.8 Å². The van der Waals surface area contributed by atoms with Crippen LogP contribution in [0.5, 0.6) is 0 Å². The van der Waals surface area contributed by atoms with Crippen LogP contribution in [-0.4, -0.2) is 16.5 Å². The Kier molecular flexibility index (Phi) is 2.87. The number of thiazole rings is 1. The molecule has 0 aromatic carbocycles. The van der Waals surface area contributed by atoms with E-state index in [4.69, 9.17) is 5.73 Å².